The lowest BCUT2D eigenvalue weighted by Gasteiger charge is -2.25. The minimum atomic E-state index is -0.188. The summed E-state index contributed by atoms with van der Waals surface area (Å²) in [6, 6.07) is 5.66. The van der Waals surface area contributed by atoms with E-state index in [1.807, 2.05) is 6.07 Å². The number of benzene rings is 1. The molecule has 0 N–H and O–H groups in total. The molecule has 84 valence electrons. The third-order valence-electron chi connectivity index (χ3n) is 2.54. The van der Waals surface area contributed by atoms with E-state index in [0.717, 1.165) is 18.7 Å². The quantitative estimate of drug-likeness (QED) is 0.806. The van der Waals surface area contributed by atoms with Crippen LogP contribution in [-0.4, -0.2) is 17.5 Å². The van der Waals surface area contributed by atoms with Gasteiger partial charge in [0.05, 0.1) is 4.47 Å². The Morgan fingerprint density at radius 1 is 1.40 bits per heavy atom. The smallest absolute Gasteiger partial charge is 0.137 e. The van der Waals surface area contributed by atoms with E-state index in [0.29, 0.717) is 10.5 Å². The van der Waals surface area contributed by atoms with Crippen molar-refractivity contribution in [1.29, 1.82) is 0 Å². The molecule has 15 heavy (non-hydrogen) atoms. The molecule has 0 unspecified atom stereocenters. The molecule has 1 nitrogen and oxygen atoms in total. The van der Waals surface area contributed by atoms with Gasteiger partial charge in [0.25, 0.3) is 0 Å². The van der Waals surface area contributed by atoms with Crippen molar-refractivity contribution >= 4 is 15.9 Å². The van der Waals surface area contributed by atoms with E-state index in [9.17, 15) is 4.39 Å². The molecule has 3 heteroatoms. The Morgan fingerprint density at radius 3 is 2.60 bits per heavy atom. The van der Waals surface area contributed by atoms with E-state index in [2.05, 4.69) is 41.6 Å². The zero-order valence-electron chi connectivity index (χ0n) is 9.43. The van der Waals surface area contributed by atoms with Crippen LogP contribution in [0.5, 0.6) is 0 Å². The van der Waals surface area contributed by atoms with Gasteiger partial charge in [0.2, 0.25) is 0 Å². The first-order valence-corrected chi connectivity index (χ1v) is 6.02. The lowest BCUT2D eigenvalue weighted by molar-refractivity contribution is 0.224. The zero-order chi connectivity index (χ0) is 11.4. The molecule has 0 heterocycles. The van der Waals surface area contributed by atoms with Crippen molar-refractivity contribution in [3.05, 3.63) is 34.1 Å². The first-order valence-electron chi connectivity index (χ1n) is 5.23. The second kappa shape index (κ2) is 5.61. The fourth-order valence-corrected chi connectivity index (χ4v) is 1.94. The highest BCUT2D eigenvalue weighted by molar-refractivity contribution is 9.10. The molecule has 0 fully saturated rings. The van der Waals surface area contributed by atoms with Gasteiger partial charge < -0.3 is 0 Å². The summed E-state index contributed by atoms with van der Waals surface area (Å²) in [6.07, 6.45) is 0. The number of hydrogen-bond donors (Lipinski definition) is 0. The monoisotopic (exact) mass is 273 g/mol. The highest BCUT2D eigenvalue weighted by Gasteiger charge is 2.11. The summed E-state index contributed by atoms with van der Waals surface area (Å²) in [6.45, 7) is 8.17. The predicted molar refractivity (Wildman–Crippen MR) is 65.3 cm³/mol. The van der Waals surface area contributed by atoms with Gasteiger partial charge in [0, 0.05) is 12.6 Å². The van der Waals surface area contributed by atoms with E-state index >= 15 is 0 Å². The lowest BCUT2D eigenvalue weighted by Crippen LogP contribution is -2.30. The summed E-state index contributed by atoms with van der Waals surface area (Å²) in [7, 11) is 0. The van der Waals surface area contributed by atoms with E-state index in [4.69, 9.17) is 0 Å². The molecule has 1 rings (SSSR count). The first-order chi connectivity index (χ1) is 7.06. The minimum Gasteiger partial charge on any atom is -0.297 e. The van der Waals surface area contributed by atoms with Crippen molar-refractivity contribution in [3.8, 4) is 0 Å². The third kappa shape index (κ3) is 3.28. The molecular weight excluding hydrogens is 257 g/mol. The predicted octanol–water partition coefficient (Wildman–Crippen LogP) is 3.82. The largest absolute Gasteiger partial charge is 0.297 e. The zero-order valence-corrected chi connectivity index (χ0v) is 11.0. The second-order valence-electron chi connectivity index (χ2n) is 3.87. The summed E-state index contributed by atoms with van der Waals surface area (Å²) < 4.78 is 13.9. The standard InChI is InChI=1S/C12H17BrFN/c1-4-15(9(2)3)8-10-6-5-7-11(14)12(10)13/h5-7,9H,4,8H2,1-3H3. The summed E-state index contributed by atoms with van der Waals surface area (Å²) in [5.41, 5.74) is 1.01. The summed E-state index contributed by atoms with van der Waals surface area (Å²) in [4.78, 5) is 2.29. The van der Waals surface area contributed by atoms with Gasteiger partial charge in [0.1, 0.15) is 5.82 Å². The molecule has 0 saturated heterocycles. The number of rotatable bonds is 4. The molecule has 0 aliphatic rings. The van der Waals surface area contributed by atoms with Gasteiger partial charge in [-0.1, -0.05) is 19.1 Å². The van der Waals surface area contributed by atoms with Crippen LogP contribution in [-0.2, 0) is 6.54 Å². The maximum absolute atomic E-state index is 13.3. The van der Waals surface area contributed by atoms with Crippen LogP contribution in [0.4, 0.5) is 4.39 Å². The summed E-state index contributed by atoms with van der Waals surface area (Å²) in [5.74, 6) is -0.188. The van der Waals surface area contributed by atoms with Crippen LogP contribution < -0.4 is 0 Å². The van der Waals surface area contributed by atoms with Crippen molar-refractivity contribution in [1.82, 2.24) is 4.90 Å². The van der Waals surface area contributed by atoms with Crippen LogP contribution >= 0.6 is 15.9 Å². The van der Waals surface area contributed by atoms with Crippen LogP contribution in [0, 0.1) is 5.82 Å². The molecule has 1 aromatic carbocycles. The van der Waals surface area contributed by atoms with Crippen LogP contribution in [0.1, 0.15) is 26.3 Å². The third-order valence-corrected chi connectivity index (χ3v) is 3.43. The number of halogens is 2. The molecule has 0 saturated carbocycles. The topological polar surface area (TPSA) is 3.24 Å². The minimum absolute atomic E-state index is 0.188. The normalized spacial score (nSPS) is 11.4. The van der Waals surface area contributed by atoms with Crippen LogP contribution in [0.25, 0.3) is 0 Å². The second-order valence-corrected chi connectivity index (χ2v) is 4.66. The van der Waals surface area contributed by atoms with Gasteiger partial charge in [-0.25, -0.2) is 4.39 Å². The average molecular weight is 274 g/mol. The Kier molecular flexibility index (Phi) is 4.74. The fourth-order valence-electron chi connectivity index (χ4n) is 1.55. The fraction of sp³-hybridized carbons (Fsp3) is 0.500. The Bertz CT molecular complexity index is 325. The summed E-state index contributed by atoms with van der Waals surface area (Å²) in [5, 5.41) is 0. The average Bonchev–Trinajstić information content (AvgIpc) is 2.19. The molecule has 0 atom stereocenters. The molecule has 0 aliphatic heterocycles. The Morgan fingerprint density at radius 2 is 2.07 bits per heavy atom. The number of hydrogen-bond acceptors (Lipinski definition) is 1. The van der Waals surface area contributed by atoms with E-state index in [-0.39, 0.29) is 5.82 Å². The molecule has 0 aromatic heterocycles. The molecule has 0 spiro atoms. The van der Waals surface area contributed by atoms with Crippen molar-refractivity contribution < 1.29 is 4.39 Å². The number of nitrogens with zero attached hydrogens (tertiary/aromatic N) is 1. The highest BCUT2D eigenvalue weighted by Crippen LogP contribution is 2.22. The first kappa shape index (κ1) is 12.7. The Hall–Kier alpha value is -0.410. The maximum atomic E-state index is 13.3. The lowest BCUT2D eigenvalue weighted by atomic mass is 10.2. The molecule has 0 amide bonds. The van der Waals surface area contributed by atoms with Gasteiger partial charge in [-0.05, 0) is 48.0 Å². The Balaban J connectivity index is 2.84. The molecule has 0 bridgehead atoms. The van der Waals surface area contributed by atoms with Crippen molar-refractivity contribution in [3.63, 3.8) is 0 Å². The van der Waals surface area contributed by atoms with Gasteiger partial charge in [-0.3, -0.25) is 4.90 Å². The van der Waals surface area contributed by atoms with E-state index < -0.39 is 0 Å². The van der Waals surface area contributed by atoms with Crippen molar-refractivity contribution in [2.24, 2.45) is 0 Å². The van der Waals surface area contributed by atoms with Gasteiger partial charge in [-0.15, -0.1) is 0 Å². The molecule has 0 radical (unpaired) electrons. The highest BCUT2D eigenvalue weighted by atomic mass is 79.9. The SMILES string of the molecule is CCN(Cc1cccc(F)c1Br)C(C)C. The maximum Gasteiger partial charge on any atom is 0.137 e. The summed E-state index contributed by atoms with van der Waals surface area (Å²) >= 11 is 3.29. The van der Waals surface area contributed by atoms with Crippen LogP contribution in [0.3, 0.4) is 0 Å². The molecular formula is C12H17BrFN. The van der Waals surface area contributed by atoms with Crippen molar-refractivity contribution in [2.45, 2.75) is 33.4 Å². The van der Waals surface area contributed by atoms with Crippen LogP contribution in [0.2, 0.25) is 0 Å². The molecule has 1 aromatic rings. The van der Waals surface area contributed by atoms with Gasteiger partial charge in [0.15, 0.2) is 0 Å². The van der Waals surface area contributed by atoms with E-state index in [1.54, 1.807) is 6.07 Å². The Labute approximate surface area is 99.4 Å². The van der Waals surface area contributed by atoms with Crippen LogP contribution in [0.15, 0.2) is 22.7 Å². The molecule has 0 aliphatic carbocycles. The van der Waals surface area contributed by atoms with E-state index in [1.165, 1.54) is 6.07 Å². The van der Waals surface area contributed by atoms with Gasteiger partial charge in [-0.2, -0.15) is 0 Å². The van der Waals surface area contributed by atoms with Gasteiger partial charge >= 0.3 is 0 Å². The van der Waals surface area contributed by atoms with Crippen molar-refractivity contribution in [2.75, 3.05) is 6.54 Å².